The highest BCUT2D eigenvalue weighted by Crippen LogP contribution is 2.18. The molecule has 0 atom stereocenters. The van der Waals surface area contributed by atoms with E-state index in [0.717, 1.165) is 10.9 Å². The van der Waals surface area contributed by atoms with Gasteiger partial charge >= 0.3 is 0 Å². The fourth-order valence-electron chi connectivity index (χ4n) is 1.47. The average molecular weight is 337 g/mol. The minimum Gasteiger partial charge on any atom is -1.00 e. The predicted molar refractivity (Wildman–Crippen MR) is 72.6 cm³/mol. The first-order valence-corrected chi connectivity index (χ1v) is 7.03. The highest BCUT2D eigenvalue weighted by molar-refractivity contribution is 7.99. The van der Waals surface area contributed by atoms with Crippen molar-refractivity contribution in [1.29, 1.82) is 0 Å². The lowest BCUT2D eigenvalue weighted by Gasteiger charge is -2.07. The van der Waals surface area contributed by atoms with Crippen LogP contribution in [0, 0.1) is 5.82 Å². The first-order chi connectivity index (χ1) is 9.18. The van der Waals surface area contributed by atoms with E-state index >= 15 is 0 Å². The van der Waals surface area contributed by atoms with E-state index in [4.69, 9.17) is 11.6 Å². The number of benzene rings is 1. The van der Waals surface area contributed by atoms with Crippen molar-refractivity contribution in [1.82, 2.24) is 25.5 Å². The van der Waals surface area contributed by atoms with Crippen LogP contribution in [0.2, 0.25) is 5.02 Å². The smallest absolute Gasteiger partial charge is 0.209 e. The molecule has 110 valence electrons. The van der Waals surface area contributed by atoms with Gasteiger partial charge in [-0.15, -0.1) is 5.10 Å². The summed E-state index contributed by atoms with van der Waals surface area (Å²) in [5.74, 6) is 0.505. The van der Waals surface area contributed by atoms with Gasteiger partial charge in [-0.25, -0.2) is 9.07 Å². The third-order valence-corrected chi connectivity index (χ3v) is 3.82. The molecule has 0 bridgehead atoms. The van der Waals surface area contributed by atoms with Crippen molar-refractivity contribution in [2.75, 3.05) is 12.3 Å². The molecule has 0 aliphatic rings. The van der Waals surface area contributed by atoms with E-state index in [9.17, 15) is 4.39 Å². The fraction of sp³-hybridized carbons (Fsp3) is 0.364. The number of tetrazole rings is 1. The molecule has 1 aromatic carbocycles. The molecular formula is C11H13Cl2FN5S-. The van der Waals surface area contributed by atoms with Gasteiger partial charge in [-0.2, -0.15) is 0 Å². The predicted octanol–water partition coefficient (Wildman–Crippen LogP) is -1.11. The lowest BCUT2D eigenvalue weighted by atomic mass is 10.2. The largest absolute Gasteiger partial charge is 1.00 e. The van der Waals surface area contributed by atoms with Crippen molar-refractivity contribution in [3.63, 3.8) is 0 Å². The number of nitrogens with zero attached hydrogens (tertiary/aromatic N) is 4. The van der Waals surface area contributed by atoms with Crippen LogP contribution in [0.5, 0.6) is 0 Å². The lowest BCUT2D eigenvalue weighted by Crippen LogP contribution is -3.00. The van der Waals surface area contributed by atoms with Crippen LogP contribution < -0.4 is 17.7 Å². The lowest BCUT2D eigenvalue weighted by molar-refractivity contribution is -0.00000461. The van der Waals surface area contributed by atoms with Gasteiger partial charge < -0.3 is 17.7 Å². The molecule has 0 aliphatic heterocycles. The van der Waals surface area contributed by atoms with E-state index in [1.807, 2.05) is 0 Å². The molecular weight excluding hydrogens is 324 g/mol. The molecule has 0 amide bonds. The number of aryl methyl sites for hydroxylation is 1. The minimum atomic E-state index is -0.287. The molecule has 1 aromatic heterocycles. The Balaban J connectivity index is 0.00000200. The number of hydrogen-bond acceptors (Lipinski definition) is 5. The molecule has 0 unspecified atom stereocenters. The fourth-order valence-corrected chi connectivity index (χ4v) is 2.45. The monoisotopic (exact) mass is 336 g/mol. The molecule has 0 fully saturated rings. The van der Waals surface area contributed by atoms with E-state index in [2.05, 4.69) is 20.8 Å². The van der Waals surface area contributed by atoms with Gasteiger partial charge in [0.1, 0.15) is 5.82 Å². The molecule has 20 heavy (non-hydrogen) atoms. The Morgan fingerprint density at radius 2 is 2.25 bits per heavy atom. The first kappa shape index (κ1) is 17.2. The summed E-state index contributed by atoms with van der Waals surface area (Å²) in [5.41, 5.74) is 0.495. The van der Waals surface area contributed by atoms with Crippen molar-refractivity contribution in [3.8, 4) is 0 Å². The van der Waals surface area contributed by atoms with Crippen molar-refractivity contribution in [3.05, 3.63) is 34.6 Å². The molecule has 2 rings (SSSR count). The molecule has 0 saturated carbocycles. The summed E-state index contributed by atoms with van der Waals surface area (Å²) in [7, 11) is 1.79. The normalized spacial score (nSPS) is 10.3. The van der Waals surface area contributed by atoms with Gasteiger partial charge in [0.05, 0.1) is 0 Å². The van der Waals surface area contributed by atoms with Gasteiger partial charge in [-0.3, -0.25) is 0 Å². The topological polar surface area (TPSA) is 55.6 Å². The molecule has 1 heterocycles. The van der Waals surface area contributed by atoms with Crippen molar-refractivity contribution in [2.24, 2.45) is 7.05 Å². The van der Waals surface area contributed by atoms with Crippen molar-refractivity contribution < 1.29 is 16.8 Å². The molecule has 5 nitrogen and oxygen atoms in total. The summed E-state index contributed by atoms with van der Waals surface area (Å²) in [5, 5.41) is 15.5. The van der Waals surface area contributed by atoms with Crippen LogP contribution >= 0.6 is 23.4 Å². The number of rotatable bonds is 6. The number of aromatic nitrogens is 4. The van der Waals surface area contributed by atoms with E-state index in [0.29, 0.717) is 23.7 Å². The molecule has 0 radical (unpaired) electrons. The molecule has 2 aromatic rings. The number of thioether (sulfide) groups is 1. The van der Waals surface area contributed by atoms with Crippen LogP contribution in [0.4, 0.5) is 4.39 Å². The highest BCUT2D eigenvalue weighted by atomic mass is 35.5. The number of halogens is 3. The van der Waals surface area contributed by atoms with Gasteiger partial charge in [-0.1, -0.05) is 29.4 Å². The van der Waals surface area contributed by atoms with Crippen LogP contribution in [-0.2, 0) is 13.6 Å². The summed E-state index contributed by atoms with van der Waals surface area (Å²) >= 11 is 7.46. The first-order valence-electron chi connectivity index (χ1n) is 5.67. The molecule has 0 saturated heterocycles. The molecule has 0 spiro atoms. The Hall–Kier alpha value is -0.890. The van der Waals surface area contributed by atoms with E-state index < -0.39 is 0 Å². The summed E-state index contributed by atoms with van der Waals surface area (Å²) in [6, 6.07) is 4.68. The van der Waals surface area contributed by atoms with Gasteiger partial charge in [0.25, 0.3) is 0 Å². The summed E-state index contributed by atoms with van der Waals surface area (Å²) < 4.78 is 15.1. The maximum Gasteiger partial charge on any atom is 0.209 e. The molecule has 0 aliphatic carbocycles. The Morgan fingerprint density at radius 1 is 1.45 bits per heavy atom. The Morgan fingerprint density at radius 3 is 2.90 bits per heavy atom. The summed E-state index contributed by atoms with van der Waals surface area (Å²) in [6.07, 6.45) is 0. The Bertz CT molecular complexity index is 531. The Labute approximate surface area is 131 Å². The second kappa shape index (κ2) is 8.41. The van der Waals surface area contributed by atoms with Gasteiger partial charge in [0.15, 0.2) is 0 Å². The van der Waals surface area contributed by atoms with Crippen LogP contribution in [0.1, 0.15) is 5.56 Å². The van der Waals surface area contributed by atoms with Crippen LogP contribution in [0.15, 0.2) is 23.4 Å². The maximum atomic E-state index is 13.5. The zero-order valence-electron chi connectivity index (χ0n) is 10.7. The van der Waals surface area contributed by atoms with E-state index in [-0.39, 0.29) is 18.2 Å². The molecule has 1 N–H and O–H groups in total. The van der Waals surface area contributed by atoms with Crippen LogP contribution in [-0.4, -0.2) is 32.5 Å². The van der Waals surface area contributed by atoms with Crippen molar-refractivity contribution in [2.45, 2.75) is 11.7 Å². The molecule has 9 heteroatoms. The summed E-state index contributed by atoms with van der Waals surface area (Å²) in [4.78, 5) is 0. The average Bonchev–Trinajstić information content (AvgIpc) is 2.78. The third kappa shape index (κ3) is 4.59. The number of nitrogens with one attached hydrogen (secondary N) is 1. The standard InChI is InChI=1S/C11H13ClFN5S.ClH/c1-18-11(15-16-17-18)19-6-5-14-7-8-9(12)3-2-4-10(8)13;/h2-4,14H,5-7H2,1H3;1H/p-1. The van der Waals surface area contributed by atoms with E-state index in [1.165, 1.54) is 17.8 Å². The zero-order valence-corrected chi connectivity index (χ0v) is 13.0. The van der Waals surface area contributed by atoms with Crippen LogP contribution in [0.3, 0.4) is 0 Å². The SMILES string of the molecule is Cn1nnnc1SCCNCc1c(F)cccc1Cl.[Cl-]. The zero-order chi connectivity index (χ0) is 13.7. The third-order valence-electron chi connectivity index (χ3n) is 2.45. The van der Waals surface area contributed by atoms with Gasteiger partial charge in [0.2, 0.25) is 5.16 Å². The second-order valence-electron chi connectivity index (χ2n) is 3.81. The quantitative estimate of drug-likeness (QED) is 0.535. The summed E-state index contributed by atoms with van der Waals surface area (Å²) in [6.45, 7) is 1.12. The Kier molecular flexibility index (Phi) is 7.22. The van der Waals surface area contributed by atoms with Gasteiger partial charge in [0, 0.05) is 36.5 Å². The maximum absolute atomic E-state index is 13.5. The number of hydrogen-bond donors (Lipinski definition) is 1. The highest BCUT2D eigenvalue weighted by Gasteiger charge is 2.06. The minimum absolute atomic E-state index is 0. The van der Waals surface area contributed by atoms with Gasteiger partial charge in [-0.05, 0) is 22.6 Å². The van der Waals surface area contributed by atoms with Crippen LogP contribution in [0.25, 0.3) is 0 Å². The van der Waals surface area contributed by atoms with Crippen molar-refractivity contribution >= 4 is 23.4 Å². The van der Waals surface area contributed by atoms with E-state index in [1.54, 1.807) is 23.9 Å². The second-order valence-corrected chi connectivity index (χ2v) is 5.28.